The van der Waals surface area contributed by atoms with Gasteiger partial charge in [0.25, 0.3) is 0 Å². The largest absolute Gasteiger partial charge is 0.458 e. The lowest BCUT2D eigenvalue weighted by Crippen LogP contribution is -2.41. The van der Waals surface area contributed by atoms with Gasteiger partial charge in [-0.2, -0.15) is 0 Å². The Bertz CT molecular complexity index is 419. The molecule has 0 aromatic carbocycles. The fraction of sp³-hybridized carbons (Fsp3) is 0.824. The smallest absolute Gasteiger partial charge is 0.335 e. The Kier molecular flexibility index (Phi) is 6.59. The van der Waals surface area contributed by atoms with Gasteiger partial charge in [0.1, 0.15) is 25.1 Å². The molecule has 0 bridgehead atoms. The van der Waals surface area contributed by atoms with E-state index in [9.17, 15) is 4.79 Å². The molecule has 0 radical (unpaired) electrons. The Morgan fingerprint density at radius 1 is 1.35 bits per heavy atom. The molecule has 2 aliphatic heterocycles. The average Bonchev–Trinajstić information content (AvgIpc) is 2.80. The van der Waals surface area contributed by atoms with Gasteiger partial charge in [0.15, 0.2) is 11.9 Å². The zero-order valence-electron chi connectivity index (χ0n) is 14.4. The Morgan fingerprint density at radius 2 is 2.13 bits per heavy atom. The molecule has 0 amide bonds. The minimum Gasteiger partial charge on any atom is -0.458 e. The molecule has 23 heavy (non-hydrogen) atoms. The Hall–Kier alpha value is -0.950. The SMILES string of the molecule is CCC[C@H]1OC(=O)[C@@H](OCOC)CC/C=C\[C@@H]2OC(C)(C)O[C@@H]21. The van der Waals surface area contributed by atoms with Crippen molar-refractivity contribution in [1.29, 1.82) is 0 Å². The van der Waals surface area contributed by atoms with Gasteiger partial charge in [0.05, 0.1) is 0 Å². The first-order valence-corrected chi connectivity index (χ1v) is 8.30. The number of allylic oxidation sites excluding steroid dienone is 1. The molecule has 0 unspecified atom stereocenters. The number of hydrogen-bond donors (Lipinski definition) is 0. The van der Waals surface area contributed by atoms with Gasteiger partial charge in [0.2, 0.25) is 0 Å². The van der Waals surface area contributed by atoms with Crippen LogP contribution in [0, 0.1) is 0 Å². The highest BCUT2D eigenvalue weighted by atomic mass is 16.8. The van der Waals surface area contributed by atoms with Gasteiger partial charge in [-0.05, 0) is 33.1 Å². The Labute approximate surface area is 138 Å². The van der Waals surface area contributed by atoms with Gasteiger partial charge >= 0.3 is 5.97 Å². The van der Waals surface area contributed by atoms with E-state index in [0.29, 0.717) is 12.8 Å². The van der Waals surface area contributed by atoms with E-state index >= 15 is 0 Å². The van der Waals surface area contributed by atoms with E-state index in [2.05, 4.69) is 6.92 Å². The van der Waals surface area contributed by atoms with Gasteiger partial charge in [-0.1, -0.05) is 25.5 Å². The maximum absolute atomic E-state index is 12.4. The summed E-state index contributed by atoms with van der Waals surface area (Å²) in [7, 11) is 1.53. The number of esters is 1. The summed E-state index contributed by atoms with van der Waals surface area (Å²) in [5, 5.41) is 0. The van der Waals surface area contributed by atoms with Crippen LogP contribution in [0.3, 0.4) is 0 Å². The minimum atomic E-state index is -0.682. The van der Waals surface area contributed by atoms with E-state index in [1.807, 2.05) is 26.0 Å². The van der Waals surface area contributed by atoms with Crippen molar-refractivity contribution < 1.29 is 28.5 Å². The van der Waals surface area contributed by atoms with Crippen LogP contribution in [0.2, 0.25) is 0 Å². The molecule has 2 heterocycles. The first kappa shape index (κ1) is 18.4. The second-order valence-corrected chi connectivity index (χ2v) is 6.40. The molecule has 2 aliphatic rings. The molecule has 0 aromatic rings. The lowest BCUT2D eigenvalue weighted by Gasteiger charge is -2.28. The van der Waals surface area contributed by atoms with Crippen LogP contribution in [-0.4, -0.2) is 50.1 Å². The van der Waals surface area contributed by atoms with Crippen molar-refractivity contribution in [2.45, 2.75) is 76.7 Å². The maximum atomic E-state index is 12.4. The lowest BCUT2D eigenvalue weighted by molar-refractivity contribution is -0.185. The van der Waals surface area contributed by atoms with E-state index < -0.39 is 11.9 Å². The normalized spacial score (nSPS) is 35.4. The summed E-state index contributed by atoms with van der Waals surface area (Å²) in [6.07, 6.45) is 5.42. The zero-order valence-corrected chi connectivity index (χ0v) is 14.4. The fourth-order valence-electron chi connectivity index (χ4n) is 2.95. The number of methoxy groups -OCH3 is 1. The highest BCUT2D eigenvalue weighted by molar-refractivity contribution is 5.75. The molecule has 132 valence electrons. The third-order valence-corrected chi connectivity index (χ3v) is 3.94. The molecule has 1 fully saturated rings. The number of ether oxygens (including phenoxy) is 5. The van der Waals surface area contributed by atoms with Crippen LogP contribution < -0.4 is 0 Å². The molecule has 0 N–H and O–H groups in total. The molecule has 4 atom stereocenters. The van der Waals surface area contributed by atoms with E-state index in [0.717, 1.165) is 12.8 Å². The van der Waals surface area contributed by atoms with Crippen molar-refractivity contribution in [3.63, 3.8) is 0 Å². The lowest BCUT2D eigenvalue weighted by atomic mass is 10.0. The minimum absolute atomic E-state index is 0.0701. The van der Waals surface area contributed by atoms with Gasteiger partial charge < -0.3 is 23.7 Å². The molecule has 1 saturated heterocycles. The first-order chi connectivity index (χ1) is 11.0. The summed E-state index contributed by atoms with van der Waals surface area (Å²) < 4.78 is 28.0. The molecule has 0 aromatic heterocycles. The van der Waals surface area contributed by atoms with Crippen molar-refractivity contribution >= 4 is 5.97 Å². The second-order valence-electron chi connectivity index (χ2n) is 6.40. The molecule has 0 saturated carbocycles. The van der Waals surface area contributed by atoms with Crippen LogP contribution in [0.1, 0.15) is 46.5 Å². The fourth-order valence-corrected chi connectivity index (χ4v) is 2.95. The van der Waals surface area contributed by atoms with E-state index in [1.165, 1.54) is 7.11 Å². The topological polar surface area (TPSA) is 63.2 Å². The highest BCUT2D eigenvalue weighted by Crippen LogP contribution is 2.34. The van der Waals surface area contributed by atoms with Crippen molar-refractivity contribution in [3.8, 4) is 0 Å². The van der Waals surface area contributed by atoms with E-state index in [1.54, 1.807) is 0 Å². The number of hydrogen-bond acceptors (Lipinski definition) is 6. The summed E-state index contributed by atoms with van der Waals surface area (Å²) in [6, 6.07) is 0. The Balaban J connectivity index is 2.17. The number of rotatable bonds is 5. The summed E-state index contributed by atoms with van der Waals surface area (Å²) in [5.74, 6) is -1.04. The van der Waals surface area contributed by atoms with Crippen molar-refractivity contribution in [1.82, 2.24) is 0 Å². The summed E-state index contributed by atoms with van der Waals surface area (Å²) in [6.45, 7) is 5.88. The van der Waals surface area contributed by atoms with Crippen LogP contribution >= 0.6 is 0 Å². The zero-order chi connectivity index (χ0) is 16.9. The van der Waals surface area contributed by atoms with Gasteiger partial charge in [-0.15, -0.1) is 0 Å². The molecule has 6 heteroatoms. The maximum Gasteiger partial charge on any atom is 0.335 e. The van der Waals surface area contributed by atoms with E-state index in [-0.39, 0.29) is 31.1 Å². The number of cyclic esters (lactones) is 1. The third-order valence-electron chi connectivity index (χ3n) is 3.94. The highest BCUT2D eigenvalue weighted by Gasteiger charge is 2.45. The van der Waals surface area contributed by atoms with Crippen molar-refractivity contribution in [2.24, 2.45) is 0 Å². The van der Waals surface area contributed by atoms with Gasteiger partial charge in [-0.3, -0.25) is 0 Å². The standard InChI is InChI=1S/C17H28O6/c1-5-8-12-15-13(22-17(2,3)23-15)9-6-7-10-14(16(18)21-12)20-11-19-4/h6,9,12-15H,5,7-8,10-11H2,1-4H3/b9-6-/t12-,13+,14+,15-/m1/s1. The van der Waals surface area contributed by atoms with Crippen LogP contribution in [0.25, 0.3) is 0 Å². The number of carbonyl (C=O) groups excluding carboxylic acids is 1. The molecular weight excluding hydrogens is 300 g/mol. The summed E-state index contributed by atoms with van der Waals surface area (Å²) in [5.41, 5.74) is 0. The summed E-state index contributed by atoms with van der Waals surface area (Å²) in [4.78, 5) is 12.4. The average molecular weight is 328 g/mol. The van der Waals surface area contributed by atoms with Crippen molar-refractivity contribution in [3.05, 3.63) is 12.2 Å². The molecular formula is C17H28O6. The van der Waals surface area contributed by atoms with Crippen LogP contribution in [-0.2, 0) is 28.5 Å². The molecule has 0 aliphatic carbocycles. The van der Waals surface area contributed by atoms with E-state index in [4.69, 9.17) is 23.7 Å². The predicted molar refractivity (Wildman–Crippen MR) is 83.7 cm³/mol. The monoisotopic (exact) mass is 328 g/mol. The van der Waals surface area contributed by atoms with Crippen LogP contribution in [0.5, 0.6) is 0 Å². The first-order valence-electron chi connectivity index (χ1n) is 8.30. The third kappa shape index (κ3) is 5.01. The molecule has 2 rings (SSSR count). The van der Waals surface area contributed by atoms with Crippen molar-refractivity contribution in [2.75, 3.05) is 13.9 Å². The summed E-state index contributed by atoms with van der Waals surface area (Å²) >= 11 is 0. The molecule has 0 spiro atoms. The number of fused-ring (bicyclic) bond motifs is 1. The number of carbonyl (C=O) groups is 1. The van der Waals surface area contributed by atoms with Gasteiger partial charge in [-0.25, -0.2) is 4.79 Å². The van der Waals surface area contributed by atoms with Crippen LogP contribution in [0.15, 0.2) is 12.2 Å². The molecule has 6 nitrogen and oxygen atoms in total. The quantitative estimate of drug-likeness (QED) is 0.439. The van der Waals surface area contributed by atoms with Gasteiger partial charge in [0, 0.05) is 7.11 Å². The second kappa shape index (κ2) is 8.24. The predicted octanol–water partition coefficient (Wildman–Crippen LogP) is 2.56. The Morgan fingerprint density at radius 3 is 2.83 bits per heavy atom. The van der Waals surface area contributed by atoms with Crippen LogP contribution in [0.4, 0.5) is 0 Å².